The van der Waals surface area contributed by atoms with Gasteiger partial charge in [-0.1, -0.05) is 23.7 Å². The van der Waals surface area contributed by atoms with Gasteiger partial charge >= 0.3 is 0 Å². The van der Waals surface area contributed by atoms with Gasteiger partial charge in [0, 0.05) is 53.9 Å². The van der Waals surface area contributed by atoms with E-state index in [1.54, 1.807) is 19.4 Å². The van der Waals surface area contributed by atoms with Gasteiger partial charge in [-0.2, -0.15) is 0 Å². The average Bonchev–Trinajstić information content (AvgIpc) is 3.14. The van der Waals surface area contributed by atoms with Crippen molar-refractivity contribution >= 4 is 34.1 Å². The van der Waals surface area contributed by atoms with E-state index in [9.17, 15) is 4.79 Å². The summed E-state index contributed by atoms with van der Waals surface area (Å²) in [6.07, 6.45) is 4.10. The number of hydrogen-bond acceptors (Lipinski definition) is 4. The van der Waals surface area contributed by atoms with Crippen molar-refractivity contribution in [1.82, 2.24) is 5.32 Å². The second kappa shape index (κ2) is 10.3. The van der Waals surface area contributed by atoms with E-state index < -0.39 is 0 Å². The zero-order valence-corrected chi connectivity index (χ0v) is 18.2. The Hall–Kier alpha value is -2.76. The number of amides is 1. The van der Waals surface area contributed by atoms with Gasteiger partial charge in [0.05, 0.1) is 12.9 Å². The Morgan fingerprint density at radius 3 is 2.70 bits per heavy atom. The molecule has 0 aliphatic rings. The largest absolute Gasteiger partial charge is 0.493 e. The molecule has 1 N–H and O–H groups in total. The minimum Gasteiger partial charge on any atom is -0.493 e. The summed E-state index contributed by atoms with van der Waals surface area (Å²) in [5.74, 6) is 0.541. The number of methoxy groups -OCH3 is 1. The van der Waals surface area contributed by atoms with Crippen molar-refractivity contribution < 1.29 is 18.7 Å². The molecule has 0 aliphatic carbocycles. The SMILES string of the molecule is CCOc1cc2occ(-c3ccc(Cl)cc3)c2cc1/C(C)=C/C(=O)NCCCOC. The van der Waals surface area contributed by atoms with E-state index in [0.29, 0.717) is 30.5 Å². The lowest BCUT2D eigenvalue weighted by Gasteiger charge is -2.12. The molecule has 5 nitrogen and oxygen atoms in total. The van der Waals surface area contributed by atoms with E-state index in [4.69, 9.17) is 25.5 Å². The van der Waals surface area contributed by atoms with E-state index in [0.717, 1.165) is 39.7 Å². The third kappa shape index (κ3) is 5.23. The van der Waals surface area contributed by atoms with Gasteiger partial charge in [0.1, 0.15) is 11.3 Å². The monoisotopic (exact) mass is 427 g/mol. The van der Waals surface area contributed by atoms with Crippen molar-refractivity contribution in [3.63, 3.8) is 0 Å². The van der Waals surface area contributed by atoms with Crippen molar-refractivity contribution in [3.05, 3.63) is 59.3 Å². The third-order valence-corrected chi connectivity index (χ3v) is 4.98. The van der Waals surface area contributed by atoms with E-state index in [-0.39, 0.29) is 5.91 Å². The molecule has 30 heavy (non-hydrogen) atoms. The van der Waals surface area contributed by atoms with Crippen molar-refractivity contribution in [1.29, 1.82) is 0 Å². The van der Waals surface area contributed by atoms with Crippen LogP contribution in [0.3, 0.4) is 0 Å². The predicted octanol–water partition coefficient (Wildman–Crippen LogP) is 5.71. The number of carbonyl (C=O) groups excluding carboxylic acids is 1. The Balaban J connectivity index is 1.96. The van der Waals surface area contributed by atoms with Gasteiger partial charge in [-0.05, 0) is 49.6 Å². The van der Waals surface area contributed by atoms with Crippen LogP contribution in [0.2, 0.25) is 5.02 Å². The van der Waals surface area contributed by atoms with Crippen LogP contribution in [0.5, 0.6) is 5.75 Å². The maximum Gasteiger partial charge on any atom is 0.244 e. The standard InChI is InChI=1S/C24H26ClNO4/c1-4-29-22-14-23-20(21(15-30-23)17-6-8-18(25)9-7-17)13-19(22)16(2)12-24(27)26-10-5-11-28-3/h6-9,12-15H,4-5,10-11H2,1-3H3,(H,26,27)/b16-12+. The number of nitrogens with one attached hydrogen (secondary N) is 1. The molecule has 0 radical (unpaired) electrons. The molecule has 0 atom stereocenters. The van der Waals surface area contributed by atoms with Crippen LogP contribution in [-0.2, 0) is 9.53 Å². The molecule has 1 heterocycles. The number of allylic oxidation sites excluding steroid dienone is 1. The number of furan rings is 1. The zero-order chi connectivity index (χ0) is 21.5. The van der Waals surface area contributed by atoms with Crippen molar-refractivity contribution in [2.45, 2.75) is 20.3 Å². The summed E-state index contributed by atoms with van der Waals surface area (Å²) in [6.45, 7) is 5.52. The van der Waals surface area contributed by atoms with Crippen LogP contribution in [0.4, 0.5) is 0 Å². The van der Waals surface area contributed by atoms with Crippen LogP contribution < -0.4 is 10.1 Å². The first-order valence-electron chi connectivity index (χ1n) is 9.93. The molecular formula is C24H26ClNO4. The first-order chi connectivity index (χ1) is 14.5. The number of halogens is 1. The molecule has 3 rings (SSSR count). The van der Waals surface area contributed by atoms with Crippen molar-refractivity contribution in [3.8, 4) is 16.9 Å². The van der Waals surface area contributed by atoms with E-state index in [1.165, 1.54) is 0 Å². The number of fused-ring (bicyclic) bond motifs is 1. The lowest BCUT2D eigenvalue weighted by atomic mass is 9.99. The summed E-state index contributed by atoms with van der Waals surface area (Å²) in [5.41, 5.74) is 4.36. The van der Waals surface area contributed by atoms with Crippen LogP contribution >= 0.6 is 11.6 Å². The van der Waals surface area contributed by atoms with E-state index in [1.807, 2.05) is 50.2 Å². The van der Waals surface area contributed by atoms with Crippen LogP contribution in [-0.4, -0.2) is 32.8 Å². The molecule has 1 aromatic heterocycles. The highest BCUT2D eigenvalue weighted by molar-refractivity contribution is 6.30. The summed E-state index contributed by atoms with van der Waals surface area (Å²) >= 11 is 6.02. The Morgan fingerprint density at radius 1 is 1.23 bits per heavy atom. The molecule has 6 heteroatoms. The van der Waals surface area contributed by atoms with Gasteiger partial charge < -0.3 is 19.2 Å². The molecular weight excluding hydrogens is 402 g/mol. The molecule has 0 spiro atoms. The predicted molar refractivity (Wildman–Crippen MR) is 121 cm³/mol. The number of ether oxygens (including phenoxy) is 2. The topological polar surface area (TPSA) is 60.7 Å². The van der Waals surface area contributed by atoms with Crippen LogP contribution in [0, 0.1) is 0 Å². The fraction of sp³-hybridized carbons (Fsp3) is 0.292. The fourth-order valence-corrected chi connectivity index (χ4v) is 3.37. The molecule has 0 saturated heterocycles. The summed E-state index contributed by atoms with van der Waals surface area (Å²) in [6, 6.07) is 11.5. The van der Waals surface area contributed by atoms with Gasteiger partial charge in [0.2, 0.25) is 5.91 Å². The Labute approximate surface area is 181 Å². The second-order valence-electron chi connectivity index (χ2n) is 6.90. The average molecular weight is 428 g/mol. The summed E-state index contributed by atoms with van der Waals surface area (Å²) in [4.78, 5) is 12.3. The number of benzene rings is 2. The lowest BCUT2D eigenvalue weighted by molar-refractivity contribution is -0.116. The minimum atomic E-state index is -0.142. The number of hydrogen-bond donors (Lipinski definition) is 1. The molecule has 1 amide bonds. The van der Waals surface area contributed by atoms with Gasteiger partial charge in [-0.25, -0.2) is 0 Å². The van der Waals surface area contributed by atoms with Crippen molar-refractivity contribution in [2.75, 3.05) is 26.9 Å². The van der Waals surface area contributed by atoms with E-state index >= 15 is 0 Å². The van der Waals surface area contributed by atoms with Crippen molar-refractivity contribution in [2.24, 2.45) is 0 Å². The number of carbonyl (C=O) groups is 1. The second-order valence-corrected chi connectivity index (χ2v) is 7.33. The molecule has 2 aromatic carbocycles. The van der Waals surface area contributed by atoms with Crippen LogP contribution in [0.25, 0.3) is 27.7 Å². The molecule has 0 aliphatic heterocycles. The quantitative estimate of drug-likeness (QED) is 0.351. The Morgan fingerprint density at radius 2 is 2.00 bits per heavy atom. The van der Waals surface area contributed by atoms with Crippen LogP contribution in [0.15, 0.2) is 53.2 Å². The fourth-order valence-electron chi connectivity index (χ4n) is 3.24. The Bertz CT molecular complexity index is 1040. The molecule has 0 fully saturated rings. The third-order valence-electron chi connectivity index (χ3n) is 4.73. The molecule has 0 unspecified atom stereocenters. The molecule has 3 aromatic rings. The highest BCUT2D eigenvalue weighted by atomic mass is 35.5. The smallest absolute Gasteiger partial charge is 0.244 e. The molecule has 158 valence electrons. The maximum atomic E-state index is 12.3. The molecule has 0 bridgehead atoms. The summed E-state index contributed by atoms with van der Waals surface area (Å²) in [5, 5.41) is 4.51. The normalized spacial score (nSPS) is 11.7. The first-order valence-corrected chi connectivity index (χ1v) is 10.3. The Kier molecular flexibility index (Phi) is 7.55. The van der Waals surface area contributed by atoms with E-state index in [2.05, 4.69) is 5.32 Å². The summed E-state index contributed by atoms with van der Waals surface area (Å²) < 4.78 is 16.6. The highest BCUT2D eigenvalue weighted by Gasteiger charge is 2.15. The first kappa shape index (κ1) is 21.9. The van der Waals surface area contributed by atoms with Crippen LogP contribution in [0.1, 0.15) is 25.8 Å². The van der Waals surface area contributed by atoms with Gasteiger partial charge in [-0.15, -0.1) is 0 Å². The summed E-state index contributed by atoms with van der Waals surface area (Å²) in [7, 11) is 1.64. The number of rotatable bonds is 9. The zero-order valence-electron chi connectivity index (χ0n) is 17.5. The van der Waals surface area contributed by atoms with Gasteiger partial charge in [-0.3, -0.25) is 4.79 Å². The maximum absolute atomic E-state index is 12.3. The van der Waals surface area contributed by atoms with Gasteiger partial charge in [0.15, 0.2) is 0 Å². The molecule has 0 saturated carbocycles. The van der Waals surface area contributed by atoms with Gasteiger partial charge in [0.25, 0.3) is 0 Å². The lowest BCUT2D eigenvalue weighted by Crippen LogP contribution is -2.23. The minimum absolute atomic E-state index is 0.142. The highest BCUT2D eigenvalue weighted by Crippen LogP contribution is 2.37.